The van der Waals surface area contributed by atoms with Crippen molar-refractivity contribution in [2.24, 2.45) is 0 Å². The zero-order chi connectivity index (χ0) is 22.5. The third kappa shape index (κ3) is 5.30. The Kier molecular flexibility index (Phi) is 6.77. The number of ether oxygens (including phenoxy) is 1. The summed E-state index contributed by atoms with van der Waals surface area (Å²) in [6, 6.07) is 16.6. The van der Waals surface area contributed by atoms with Gasteiger partial charge >= 0.3 is 5.69 Å². The average molecular weight is 470 g/mol. The van der Waals surface area contributed by atoms with E-state index in [1.54, 1.807) is 0 Å². The Bertz CT molecular complexity index is 1300. The Labute approximate surface area is 192 Å². The topological polar surface area (TPSA) is 106 Å². The first kappa shape index (κ1) is 21.9. The number of benzene rings is 2. The van der Waals surface area contributed by atoms with Gasteiger partial charge in [0.05, 0.1) is 6.61 Å². The van der Waals surface area contributed by atoms with Crippen molar-refractivity contribution in [3.8, 4) is 11.4 Å². The van der Waals surface area contributed by atoms with Gasteiger partial charge in [-0.1, -0.05) is 35.5 Å². The second kappa shape index (κ2) is 9.88. The van der Waals surface area contributed by atoms with Gasteiger partial charge < -0.3 is 9.72 Å². The molecule has 0 unspecified atom stereocenters. The minimum atomic E-state index is -0.560. The molecule has 32 heavy (non-hydrogen) atoms. The molecule has 10 heteroatoms. The smallest absolute Gasteiger partial charge is 0.325 e. The van der Waals surface area contributed by atoms with E-state index in [0.29, 0.717) is 34.1 Å². The van der Waals surface area contributed by atoms with Gasteiger partial charge in [0.1, 0.15) is 11.6 Å². The first-order valence-corrected chi connectivity index (χ1v) is 11.3. The van der Waals surface area contributed by atoms with Crippen LogP contribution in [0, 0.1) is 0 Å². The van der Waals surface area contributed by atoms with Gasteiger partial charge in [-0.2, -0.15) is 0 Å². The zero-order valence-electron chi connectivity index (χ0n) is 17.2. The van der Waals surface area contributed by atoms with Crippen LogP contribution in [0.25, 0.3) is 5.69 Å². The summed E-state index contributed by atoms with van der Waals surface area (Å²) in [4.78, 5) is 28.2. The minimum absolute atomic E-state index is 0.233. The average Bonchev–Trinajstić information content (AvgIpc) is 3.15. The molecule has 0 aliphatic heterocycles. The molecule has 0 bridgehead atoms. The Morgan fingerprint density at radius 2 is 1.88 bits per heavy atom. The standard InChI is InChI=1S/C22H20ClN5O3S/c1-2-31-18-8-6-17(7-9-18)28-19(11-16-12-20(29)25-21(30)24-16)26-27-22(28)32-13-14-4-3-5-15(23)10-14/h3-10,12H,2,11,13H2,1H3,(H2,24,25,29,30). The Hall–Kier alpha value is -3.30. The lowest BCUT2D eigenvalue weighted by Gasteiger charge is -2.11. The highest BCUT2D eigenvalue weighted by atomic mass is 35.5. The van der Waals surface area contributed by atoms with Crippen molar-refractivity contribution in [3.05, 3.63) is 97.5 Å². The fourth-order valence-corrected chi connectivity index (χ4v) is 4.31. The molecule has 0 spiro atoms. The molecule has 0 saturated carbocycles. The molecule has 2 heterocycles. The van der Waals surface area contributed by atoms with Crippen LogP contribution in [0.15, 0.2) is 69.3 Å². The van der Waals surface area contributed by atoms with Crippen molar-refractivity contribution in [1.29, 1.82) is 0 Å². The number of hydrogen-bond donors (Lipinski definition) is 2. The monoisotopic (exact) mass is 469 g/mol. The van der Waals surface area contributed by atoms with E-state index in [9.17, 15) is 9.59 Å². The molecule has 0 atom stereocenters. The van der Waals surface area contributed by atoms with Crippen molar-refractivity contribution >= 4 is 23.4 Å². The third-order valence-corrected chi connectivity index (χ3v) is 5.76. The molecule has 0 aliphatic carbocycles. The Morgan fingerprint density at radius 1 is 1.06 bits per heavy atom. The van der Waals surface area contributed by atoms with Crippen molar-refractivity contribution in [2.45, 2.75) is 24.3 Å². The zero-order valence-corrected chi connectivity index (χ0v) is 18.7. The fourth-order valence-electron chi connectivity index (χ4n) is 3.19. The minimum Gasteiger partial charge on any atom is -0.494 e. The van der Waals surface area contributed by atoms with Crippen molar-refractivity contribution < 1.29 is 4.74 Å². The molecular weight excluding hydrogens is 450 g/mol. The summed E-state index contributed by atoms with van der Waals surface area (Å²) in [5.74, 6) is 2.00. The van der Waals surface area contributed by atoms with Crippen molar-refractivity contribution in [2.75, 3.05) is 6.61 Å². The fraction of sp³-hybridized carbons (Fsp3) is 0.182. The lowest BCUT2D eigenvalue weighted by atomic mass is 10.2. The number of rotatable bonds is 8. The molecule has 4 aromatic rings. The molecule has 0 saturated heterocycles. The molecular formula is C22H20ClN5O3S. The van der Waals surface area contributed by atoms with Crippen LogP contribution in [0.5, 0.6) is 5.75 Å². The quantitative estimate of drug-likeness (QED) is 0.382. The van der Waals surface area contributed by atoms with E-state index in [-0.39, 0.29) is 6.42 Å². The summed E-state index contributed by atoms with van der Waals surface area (Å²) < 4.78 is 7.45. The highest BCUT2D eigenvalue weighted by Crippen LogP contribution is 2.27. The second-order valence-corrected chi connectivity index (χ2v) is 8.25. The van der Waals surface area contributed by atoms with E-state index in [1.165, 1.54) is 17.8 Å². The molecule has 4 rings (SSSR count). The van der Waals surface area contributed by atoms with E-state index in [0.717, 1.165) is 17.0 Å². The highest BCUT2D eigenvalue weighted by molar-refractivity contribution is 7.98. The summed E-state index contributed by atoms with van der Waals surface area (Å²) in [5.41, 5.74) is 1.32. The Morgan fingerprint density at radius 3 is 2.59 bits per heavy atom. The van der Waals surface area contributed by atoms with Gasteiger partial charge in [-0.15, -0.1) is 10.2 Å². The second-order valence-electron chi connectivity index (χ2n) is 6.87. The molecule has 2 aromatic carbocycles. The van der Waals surface area contributed by atoms with Crippen molar-refractivity contribution in [3.63, 3.8) is 0 Å². The van der Waals surface area contributed by atoms with E-state index >= 15 is 0 Å². The molecule has 2 N–H and O–H groups in total. The third-order valence-electron chi connectivity index (χ3n) is 4.53. The van der Waals surface area contributed by atoms with E-state index < -0.39 is 11.2 Å². The van der Waals surface area contributed by atoms with Crippen molar-refractivity contribution in [1.82, 2.24) is 24.7 Å². The number of H-pyrrole nitrogens is 2. The van der Waals surface area contributed by atoms with E-state index in [1.807, 2.05) is 60.0 Å². The summed E-state index contributed by atoms with van der Waals surface area (Å²) >= 11 is 7.62. The first-order chi connectivity index (χ1) is 15.5. The number of nitrogens with one attached hydrogen (secondary N) is 2. The molecule has 0 radical (unpaired) electrons. The maximum atomic E-state index is 11.7. The molecule has 0 amide bonds. The highest BCUT2D eigenvalue weighted by Gasteiger charge is 2.16. The first-order valence-electron chi connectivity index (χ1n) is 9.89. The van der Waals surface area contributed by atoms with Crippen LogP contribution in [0.2, 0.25) is 5.02 Å². The lowest BCUT2D eigenvalue weighted by molar-refractivity contribution is 0.340. The lowest BCUT2D eigenvalue weighted by Crippen LogP contribution is -2.23. The van der Waals surface area contributed by atoms with Gasteiger partial charge in [0.25, 0.3) is 5.56 Å². The summed E-state index contributed by atoms with van der Waals surface area (Å²) in [5, 5.41) is 10.1. The molecule has 0 aliphatic rings. The Balaban J connectivity index is 1.69. The van der Waals surface area contributed by atoms with E-state index in [2.05, 4.69) is 20.2 Å². The van der Waals surface area contributed by atoms with Crippen LogP contribution in [0.4, 0.5) is 0 Å². The van der Waals surface area contributed by atoms with Crippen LogP contribution in [0.1, 0.15) is 24.0 Å². The van der Waals surface area contributed by atoms with Gasteiger partial charge in [-0.3, -0.25) is 14.3 Å². The number of hydrogen-bond acceptors (Lipinski definition) is 6. The van der Waals surface area contributed by atoms with Crippen LogP contribution in [0.3, 0.4) is 0 Å². The van der Waals surface area contributed by atoms with Gasteiger partial charge in [0.2, 0.25) is 0 Å². The van der Waals surface area contributed by atoms with Crippen LogP contribution < -0.4 is 16.0 Å². The summed E-state index contributed by atoms with van der Waals surface area (Å²) in [7, 11) is 0. The summed E-state index contributed by atoms with van der Waals surface area (Å²) in [6.07, 6.45) is 0.233. The van der Waals surface area contributed by atoms with Crippen LogP contribution >= 0.6 is 23.4 Å². The van der Waals surface area contributed by atoms with Crippen LogP contribution in [-0.2, 0) is 12.2 Å². The maximum Gasteiger partial charge on any atom is 0.325 e. The van der Waals surface area contributed by atoms with Crippen LogP contribution in [-0.4, -0.2) is 31.3 Å². The number of halogens is 1. The number of aromatic amines is 2. The molecule has 8 nitrogen and oxygen atoms in total. The van der Waals surface area contributed by atoms with Gasteiger partial charge in [0.15, 0.2) is 5.16 Å². The number of nitrogens with zero attached hydrogens (tertiary/aromatic N) is 3. The maximum absolute atomic E-state index is 11.7. The number of aromatic nitrogens is 5. The SMILES string of the molecule is CCOc1ccc(-n2c(Cc3cc(=O)[nH]c(=O)[nH]3)nnc2SCc2cccc(Cl)c2)cc1. The molecule has 0 fully saturated rings. The predicted molar refractivity (Wildman–Crippen MR) is 124 cm³/mol. The van der Waals surface area contributed by atoms with Gasteiger partial charge in [-0.05, 0) is 48.9 Å². The number of thioether (sulfide) groups is 1. The van der Waals surface area contributed by atoms with Gasteiger partial charge in [0, 0.05) is 34.6 Å². The predicted octanol–water partition coefficient (Wildman–Crippen LogP) is 3.58. The molecule has 164 valence electrons. The molecule has 2 aromatic heterocycles. The normalized spacial score (nSPS) is 10.9. The van der Waals surface area contributed by atoms with E-state index in [4.69, 9.17) is 16.3 Å². The van der Waals surface area contributed by atoms with Gasteiger partial charge in [-0.25, -0.2) is 4.79 Å². The summed E-state index contributed by atoms with van der Waals surface area (Å²) in [6.45, 7) is 2.51. The largest absolute Gasteiger partial charge is 0.494 e.